The summed E-state index contributed by atoms with van der Waals surface area (Å²) < 4.78 is 26.8. The number of hydrogen-bond acceptors (Lipinski definition) is 4. The second-order valence-electron chi connectivity index (χ2n) is 5.44. The van der Waals surface area contributed by atoms with Crippen molar-refractivity contribution in [3.8, 4) is 0 Å². The number of piperidine rings is 1. The predicted octanol–water partition coefficient (Wildman–Crippen LogP) is 1.39. The van der Waals surface area contributed by atoms with E-state index in [2.05, 4.69) is 0 Å². The number of sulfonamides is 1. The van der Waals surface area contributed by atoms with Crippen LogP contribution in [0.3, 0.4) is 0 Å². The third-order valence-electron chi connectivity index (χ3n) is 4.29. The minimum Gasteiger partial charge on any atom is -0.289 e. The lowest BCUT2D eigenvalue weighted by Gasteiger charge is -2.32. The Hall–Kier alpha value is -1.15. The summed E-state index contributed by atoms with van der Waals surface area (Å²) in [6.07, 6.45) is 2.20. The van der Waals surface area contributed by atoms with Crippen LogP contribution in [0.1, 0.15) is 19.3 Å². The average Bonchev–Trinajstić information content (AvgIpc) is 3.07. The SMILES string of the molecule is O=C(NO)[C@H]1C2CCC(C2)N1S(=O)(=O)c1ccc(Cl)cc1. The monoisotopic (exact) mass is 330 g/mol. The summed E-state index contributed by atoms with van der Waals surface area (Å²) in [5.41, 5.74) is 1.59. The molecule has 1 aromatic carbocycles. The number of benzene rings is 1. The van der Waals surface area contributed by atoms with E-state index in [-0.39, 0.29) is 16.9 Å². The van der Waals surface area contributed by atoms with Crippen LogP contribution in [0.5, 0.6) is 0 Å². The number of hydroxylamine groups is 1. The fourth-order valence-electron chi connectivity index (χ4n) is 3.41. The van der Waals surface area contributed by atoms with Crippen molar-refractivity contribution in [3.05, 3.63) is 29.3 Å². The zero-order chi connectivity index (χ0) is 15.2. The van der Waals surface area contributed by atoms with Crippen LogP contribution >= 0.6 is 11.6 Å². The van der Waals surface area contributed by atoms with Crippen LogP contribution < -0.4 is 5.48 Å². The topological polar surface area (TPSA) is 86.7 Å². The molecule has 2 bridgehead atoms. The van der Waals surface area contributed by atoms with Gasteiger partial charge in [0.15, 0.2) is 0 Å². The van der Waals surface area contributed by atoms with E-state index in [0.29, 0.717) is 11.4 Å². The molecule has 1 aliphatic carbocycles. The van der Waals surface area contributed by atoms with Crippen LogP contribution in [0, 0.1) is 5.92 Å². The fraction of sp³-hybridized carbons (Fsp3) is 0.462. The molecule has 114 valence electrons. The number of amides is 1. The predicted molar refractivity (Wildman–Crippen MR) is 75.3 cm³/mol. The molecule has 0 aromatic heterocycles. The molecular weight excluding hydrogens is 316 g/mol. The summed E-state index contributed by atoms with van der Waals surface area (Å²) in [5, 5.41) is 9.32. The Labute approximate surface area is 127 Å². The highest BCUT2D eigenvalue weighted by Crippen LogP contribution is 2.45. The molecule has 8 heteroatoms. The maximum Gasteiger partial charge on any atom is 0.262 e. The number of halogens is 1. The molecule has 2 unspecified atom stereocenters. The minimum atomic E-state index is -3.79. The molecule has 2 N–H and O–H groups in total. The fourth-order valence-corrected chi connectivity index (χ4v) is 5.41. The third-order valence-corrected chi connectivity index (χ3v) is 6.49. The van der Waals surface area contributed by atoms with Gasteiger partial charge in [0.1, 0.15) is 6.04 Å². The maximum absolute atomic E-state index is 12.8. The number of rotatable bonds is 3. The van der Waals surface area contributed by atoms with Crippen LogP contribution in [0.25, 0.3) is 0 Å². The van der Waals surface area contributed by atoms with Crippen LogP contribution in [0.4, 0.5) is 0 Å². The highest BCUT2D eigenvalue weighted by Gasteiger charge is 2.54. The van der Waals surface area contributed by atoms with Gasteiger partial charge in [0.2, 0.25) is 10.0 Å². The Morgan fingerprint density at radius 2 is 1.95 bits per heavy atom. The maximum atomic E-state index is 12.8. The van der Waals surface area contributed by atoms with E-state index in [9.17, 15) is 13.2 Å². The largest absolute Gasteiger partial charge is 0.289 e. The zero-order valence-electron chi connectivity index (χ0n) is 11.1. The van der Waals surface area contributed by atoms with Crippen LogP contribution in [0.15, 0.2) is 29.2 Å². The van der Waals surface area contributed by atoms with E-state index in [1.165, 1.54) is 28.6 Å². The first-order valence-corrected chi connectivity index (χ1v) is 8.50. The van der Waals surface area contributed by atoms with E-state index in [4.69, 9.17) is 16.8 Å². The summed E-state index contributed by atoms with van der Waals surface area (Å²) in [7, 11) is -3.79. The molecule has 1 heterocycles. The van der Waals surface area contributed by atoms with Crippen molar-refractivity contribution < 1.29 is 18.4 Å². The molecule has 1 saturated carbocycles. The summed E-state index contributed by atoms with van der Waals surface area (Å²) in [6.45, 7) is 0. The summed E-state index contributed by atoms with van der Waals surface area (Å²) >= 11 is 5.78. The minimum absolute atomic E-state index is 0.0378. The van der Waals surface area contributed by atoms with Gasteiger partial charge in [-0.2, -0.15) is 4.31 Å². The Morgan fingerprint density at radius 3 is 2.57 bits per heavy atom. The Bertz CT molecular complexity index is 661. The molecule has 2 fully saturated rings. The number of nitrogens with zero attached hydrogens (tertiary/aromatic N) is 1. The van der Waals surface area contributed by atoms with Crippen LogP contribution in [-0.2, 0) is 14.8 Å². The highest BCUT2D eigenvalue weighted by molar-refractivity contribution is 7.89. The molecule has 2 aliphatic rings. The number of nitrogens with one attached hydrogen (secondary N) is 1. The molecular formula is C13H15ClN2O4S. The molecule has 1 saturated heterocycles. The summed E-state index contributed by atoms with van der Waals surface area (Å²) in [5.74, 6) is -0.705. The van der Waals surface area contributed by atoms with E-state index < -0.39 is 22.0 Å². The quantitative estimate of drug-likeness (QED) is 0.647. The molecule has 1 aromatic rings. The molecule has 3 rings (SSSR count). The molecule has 0 radical (unpaired) electrons. The first-order chi connectivity index (χ1) is 9.95. The van der Waals surface area contributed by atoms with Gasteiger partial charge in [-0.15, -0.1) is 0 Å². The van der Waals surface area contributed by atoms with Gasteiger partial charge in [0.05, 0.1) is 4.90 Å². The Balaban J connectivity index is 2.00. The first kappa shape index (κ1) is 14.8. The first-order valence-electron chi connectivity index (χ1n) is 6.68. The van der Waals surface area contributed by atoms with E-state index >= 15 is 0 Å². The van der Waals surface area contributed by atoms with Gasteiger partial charge < -0.3 is 0 Å². The van der Waals surface area contributed by atoms with Crippen LogP contribution in [-0.4, -0.2) is 35.9 Å². The van der Waals surface area contributed by atoms with E-state index in [1.807, 2.05) is 0 Å². The van der Waals surface area contributed by atoms with Gasteiger partial charge in [-0.25, -0.2) is 13.9 Å². The highest BCUT2D eigenvalue weighted by atomic mass is 35.5. The molecule has 21 heavy (non-hydrogen) atoms. The van der Waals surface area contributed by atoms with Gasteiger partial charge in [-0.1, -0.05) is 11.6 Å². The van der Waals surface area contributed by atoms with Gasteiger partial charge in [0.25, 0.3) is 5.91 Å². The second-order valence-corrected chi connectivity index (χ2v) is 7.72. The smallest absolute Gasteiger partial charge is 0.262 e. The molecule has 0 spiro atoms. The normalized spacial score (nSPS) is 28.8. The van der Waals surface area contributed by atoms with Crippen molar-refractivity contribution in [1.29, 1.82) is 0 Å². The van der Waals surface area contributed by atoms with Crippen LogP contribution in [0.2, 0.25) is 5.02 Å². The number of carbonyl (C=O) groups is 1. The van der Waals surface area contributed by atoms with E-state index in [0.717, 1.165) is 12.8 Å². The molecule has 1 amide bonds. The van der Waals surface area contributed by atoms with Gasteiger partial charge in [-0.3, -0.25) is 10.0 Å². The zero-order valence-corrected chi connectivity index (χ0v) is 12.6. The van der Waals surface area contributed by atoms with Crippen molar-refractivity contribution in [1.82, 2.24) is 9.79 Å². The summed E-state index contributed by atoms with van der Waals surface area (Å²) in [6, 6.07) is 4.84. The van der Waals surface area contributed by atoms with Crippen molar-refractivity contribution in [3.63, 3.8) is 0 Å². The molecule has 1 aliphatic heterocycles. The van der Waals surface area contributed by atoms with Crippen molar-refractivity contribution in [2.24, 2.45) is 5.92 Å². The van der Waals surface area contributed by atoms with Gasteiger partial charge in [0, 0.05) is 11.1 Å². The Morgan fingerprint density at radius 1 is 1.29 bits per heavy atom. The van der Waals surface area contributed by atoms with Crippen molar-refractivity contribution in [2.75, 3.05) is 0 Å². The Kier molecular flexibility index (Phi) is 3.69. The number of hydrogen-bond donors (Lipinski definition) is 2. The van der Waals surface area contributed by atoms with Gasteiger partial charge >= 0.3 is 0 Å². The standard InChI is InChI=1S/C13H15ClN2O4S/c14-9-2-5-11(6-3-9)21(19,20)16-10-4-1-8(7-10)12(16)13(17)15-18/h2-3,5-6,8,10,12,18H,1,4,7H2,(H,15,17)/t8?,10?,12-/m1/s1. The lowest BCUT2D eigenvalue weighted by Crippen LogP contribution is -2.52. The second kappa shape index (κ2) is 5.24. The van der Waals surface area contributed by atoms with Gasteiger partial charge in [-0.05, 0) is 49.4 Å². The van der Waals surface area contributed by atoms with E-state index in [1.54, 1.807) is 5.48 Å². The summed E-state index contributed by atoms with van der Waals surface area (Å²) in [4.78, 5) is 12.0. The third kappa shape index (κ3) is 2.34. The van der Waals surface area contributed by atoms with Crippen molar-refractivity contribution >= 4 is 27.5 Å². The number of fused-ring (bicyclic) bond motifs is 2. The number of carbonyl (C=O) groups excluding carboxylic acids is 1. The lowest BCUT2D eigenvalue weighted by molar-refractivity contribution is -0.134. The van der Waals surface area contributed by atoms with Crippen molar-refractivity contribution in [2.45, 2.75) is 36.2 Å². The lowest BCUT2D eigenvalue weighted by atomic mass is 10.00. The molecule has 6 nitrogen and oxygen atoms in total. The molecule has 3 atom stereocenters. The average molecular weight is 331 g/mol.